The highest BCUT2D eigenvalue weighted by Crippen LogP contribution is 2.21. The van der Waals surface area contributed by atoms with Crippen LogP contribution in [0.2, 0.25) is 0 Å². The van der Waals surface area contributed by atoms with Gasteiger partial charge in [-0.3, -0.25) is 0 Å². The third-order valence-corrected chi connectivity index (χ3v) is 1.92. The van der Waals surface area contributed by atoms with E-state index in [1.165, 1.54) is 0 Å². The van der Waals surface area contributed by atoms with Crippen LogP contribution < -0.4 is 5.90 Å². The van der Waals surface area contributed by atoms with Crippen molar-refractivity contribution in [2.45, 2.75) is 12.8 Å². The van der Waals surface area contributed by atoms with E-state index in [1.807, 2.05) is 0 Å². The first-order valence-corrected chi connectivity index (χ1v) is 4.02. The molecule has 0 saturated carbocycles. The Morgan fingerprint density at radius 1 is 1.21 bits per heavy atom. The van der Waals surface area contributed by atoms with Crippen LogP contribution in [-0.2, 0) is 4.84 Å². The minimum atomic E-state index is -1.20. The zero-order valence-corrected chi connectivity index (χ0v) is 7.56. The molecule has 1 atom stereocenters. The van der Waals surface area contributed by atoms with Crippen molar-refractivity contribution >= 4 is 0 Å². The van der Waals surface area contributed by atoms with Gasteiger partial charge in [0.05, 0.1) is 6.61 Å². The molecule has 0 amide bonds. The normalized spacial score (nSPS) is 12.9. The fourth-order valence-electron chi connectivity index (χ4n) is 1.15. The van der Waals surface area contributed by atoms with E-state index >= 15 is 0 Å². The van der Waals surface area contributed by atoms with Crippen LogP contribution in [0.1, 0.15) is 18.4 Å². The Hall–Kier alpha value is -1.07. The highest BCUT2D eigenvalue weighted by molar-refractivity contribution is 5.23. The minimum Gasteiger partial charge on any atom is -0.304 e. The molecule has 0 radical (unpaired) electrons. The lowest BCUT2D eigenvalue weighted by Gasteiger charge is -2.11. The largest absolute Gasteiger partial charge is 0.304 e. The van der Waals surface area contributed by atoms with Crippen molar-refractivity contribution in [1.82, 2.24) is 0 Å². The predicted octanol–water partition coefficient (Wildman–Crippen LogP) is 2.10. The first kappa shape index (κ1) is 11.0. The summed E-state index contributed by atoms with van der Waals surface area (Å²) < 4.78 is 38.4. The number of hydrogen-bond donors (Lipinski definition) is 1. The highest BCUT2D eigenvalue weighted by atomic mass is 19.2. The maximum Gasteiger partial charge on any atom is 0.161 e. The van der Waals surface area contributed by atoms with Crippen LogP contribution in [0.4, 0.5) is 13.2 Å². The summed E-state index contributed by atoms with van der Waals surface area (Å²) in [4.78, 5) is 4.30. The Morgan fingerprint density at radius 3 is 2.36 bits per heavy atom. The smallest absolute Gasteiger partial charge is 0.161 e. The van der Waals surface area contributed by atoms with Crippen molar-refractivity contribution in [2.24, 2.45) is 5.90 Å². The Kier molecular flexibility index (Phi) is 3.49. The molecule has 2 nitrogen and oxygen atoms in total. The molecule has 1 aromatic rings. The summed E-state index contributed by atoms with van der Waals surface area (Å²) in [7, 11) is 0. The van der Waals surface area contributed by atoms with Gasteiger partial charge in [0.15, 0.2) is 11.6 Å². The molecule has 0 aliphatic carbocycles. The number of benzene rings is 1. The maximum absolute atomic E-state index is 13.1. The van der Waals surface area contributed by atoms with Crippen LogP contribution in [0.25, 0.3) is 0 Å². The summed E-state index contributed by atoms with van der Waals surface area (Å²) in [5.74, 6) is 1.30. The number of nitrogens with two attached hydrogens (primary N) is 1. The van der Waals surface area contributed by atoms with Gasteiger partial charge in [0.2, 0.25) is 0 Å². The maximum atomic E-state index is 13.1. The van der Waals surface area contributed by atoms with Crippen molar-refractivity contribution in [3.05, 3.63) is 35.1 Å². The van der Waals surface area contributed by atoms with Gasteiger partial charge >= 0.3 is 0 Å². The summed E-state index contributed by atoms with van der Waals surface area (Å²) in [5.41, 5.74) is 0.0503. The third kappa shape index (κ3) is 2.24. The van der Waals surface area contributed by atoms with Crippen LogP contribution in [0, 0.1) is 17.5 Å². The van der Waals surface area contributed by atoms with Gasteiger partial charge in [-0.05, 0) is 11.6 Å². The van der Waals surface area contributed by atoms with Gasteiger partial charge in [-0.15, -0.1) is 0 Å². The molecule has 0 saturated heterocycles. The topological polar surface area (TPSA) is 35.2 Å². The average Bonchev–Trinajstić information content (AvgIpc) is 2.11. The Balaban J connectivity index is 3.02. The zero-order chi connectivity index (χ0) is 10.7. The molecule has 5 heteroatoms. The fourth-order valence-corrected chi connectivity index (χ4v) is 1.15. The zero-order valence-electron chi connectivity index (χ0n) is 7.56. The summed E-state index contributed by atoms with van der Waals surface area (Å²) in [6, 6.07) is 1.33. The molecule has 0 spiro atoms. The van der Waals surface area contributed by atoms with Gasteiger partial charge in [-0.2, -0.15) is 0 Å². The number of rotatable bonds is 3. The molecule has 0 bridgehead atoms. The Morgan fingerprint density at radius 2 is 1.79 bits per heavy atom. The highest BCUT2D eigenvalue weighted by Gasteiger charge is 2.15. The van der Waals surface area contributed by atoms with E-state index in [0.717, 1.165) is 6.07 Å². The van der Waals surface area contributed by atoms with Gasteiger partial charge in [0, 0.05) is 12.0 Å². The lowest BCUT2D eigenvalue weighted by atomic mass is 10.0. The van der Waals surface area contributed by atoms with Gasteiger partial charge in [-0.1, -0.05) is 6.92 Å². The van der Waals surface area contributed by atoms with Crippen LogP contribution in [0.15, 0.2) is 12.1 Å². The summed E-state index contributed by atoms with van der Waals surface area (Å²) in [6.45, 7) is 1.64. The molecule has 2 N–H and O–H groups in total. The monoisotopic (exact) mass is 205 g/mol. The third-order valence-electron chi connectivity index (χ3n) is 1.92. The van der Waals surface area contributed by atoms with Gasteiger partial charge < -0.3 is 4.84 Å². The minimum absolute atomic E-state index is 0.0436. The summed E-state index contributed by atoms with van der Waals surface area (Å²) in [6.07, 6.45) is 0. The predicted molar refractivity (Wildman–Crippen MR) is 44.9 cm³/mol. The Bertz CT molecular complexity index is 330. The molecular formula is C9H10F3NO. The van der Waals surface area contributed by atoms with E-state index < -0.39 is 23.4 Å². The van der Waals surface area contributed by atoms with E-state index in [0.29, 0.717) is 6.07 Å². The standard InChI is InChI=1S/C9H10F3NO/c1-5(4-14-13)6-2-8(11)9(12)3-7(6)10/h2-3,5H,4,13H2,1H3. The van der Waals surface area contributed by atoms with Crippen molar-refractivity contribution in [3.8, 4) is 0 Å². The van der Waals surface area contributed by atoms with E-state index in [2.05, 4.69) is 4.84 Å². The lowest BCUT2D eigenvalue weighted by molar-refractivity contribution is 0.125. The van der Waals surface area contributed by atoms with Crippen molar-refractivity contribution < 1.29 is 18.0 Å². The second-order valence-electron chi connectivity index (χ2n) is 3.02. The molecule has 0 heterocycles. The van der Waals surface area contributed by atoms with Crippen LogP contribution >= 0.6 is 0 Å². The molecule has 1 unspecified atom stereocenters. The van der Waals surface area contributed by atoms with Gasteiger partial charge in [0.1, 0.15) is 5.82 Å². The van der Waals surface area contributed by atoms with Crippen molar-refractivity contribution in [1.29, 1.82) is 0 Å². The summed E-state index contributed by atoms with van der Waals surface area (Å²) >= 11 is 0. The van der Waals surface area contributed by atoms with E-state index in [-0.39, 0.29) is 12.2 Å². The number of hydrogen-bond acceptors (Lipinski definition) is 2. The Labute approximate surface area is 79.4 Å². The molecule has 0 aliphatic rings. The first-order valence-electron chi connectivity index (χ1n) is 4.02. The second kappa shape index (κ2) is 4.43. The lowest BCUT2D eigenvalue weighted by Crippen LogP contribution is -2.10. The second-order valence-corrected chi connectivity index (χ2v) is 3.02. The molecule has 0 aliphatic heterocycles. The van der Waals surface area contributed by atoms with E-state index in [4.69, 9.17) is 5.90 Å². The molecule has 1 aromatic carbocycles. The van der Waals surface area contributed by atoms with Gasteiger partial charge in [0.25, 0.3) is 0 Å². The van der Waals surface area contributed by atoms with E-state index in [9.17, 15) is 13.2 Å². The molecular weight excluding hydrogens is 195 g/mol. The molecule has 0 aromatic heterocycles. The molecule has 1 rings (SSSR count). The SMILES string of the molecule is CC(CON)c1cc(F)c(F)cc1F. The number of halogens is 3. The van der Waals surface area contributed by atoms with Crippen LogP contribution in [0.5, 0.6) is 0 Å². The van der Waals surface area contributed by atoms with Crippen LogP contribution in [0.3, 0.4) is 0 Å². The first-order chi connectivity index (χ1) is 6.56. The van der Waals surface area contributed by atoms with Gasteiger partial charge in [-0.25, -0.2) is 19.1 Å². The van der Waals surface area contributed by atoms with E-state index in [1.54, 1.807) is 6.92 Å². The quantitative estimate of drug-likeness (QED) is 0.605. The molecule has 0 fully saturated rings. The van der Waals surface area contributed by atoms with Crippen molar-refractivity contribution in [2.75, 3.05) is 6.61 Å². The average molecular weight is 205 g/mol. The van der Waals surface area contributed by atoms with Crippen LogP contribution in [-0.4, -0.2) is 6.61 Å². The summed E-state index contributed by atoms with van der Waals surface area (Å²) in [5, 5.41) is 0. The fraction of sp³-hybridized carbons (Fsp3) is 0.333. The van der Waals surface area contributed by atoms with Crippen molar-refractivity contribution in [3.63, 3.8) is 0 Å². The molecule has 78 valence electrons. The molecule has 14 heavy (non-hydrogen) atoms.